The van der Waals surface area contributed by atoms with E-state index in [1.165, 1.54) is 0 Å². The van der Waals surface area contributed by atoms with Crippen molar-refractivity contribution < 1.29 is 23.9 Å². The van der Waals surface area contributed by atoms with Gasteiger partial charge in [0.25, 0.3) is 0 Å². The van der Waals surface area contributed by atoms with Crippen LogP contribution >= 0.6 is 12.4 Å². The van der Waals surface area contributed by atoms with Gasteiger partial charge in [-0.05, 0) is 43.7 Å². The van der Waals surface area contributed by atoms with Gasteiger partial charge in [0.1, 0.15) is 11.6 Å². The van der Waals surface area contributed by atoms with Crippen molar-refractivity contribution in [1.29, 1.82) is 0 Å². The summed E-state index contributed by atoms with van der Waals surface area (Å²) in [6, 6.07) is 9.66. The number of hydrogen-bond donors (Lipinski definition) is 3. The van der Waals surface area contributed by atoms with Crippen LogP contribution in [0.15, 0.2) is 42.6 Å². The summed E-state index contributed by atoms with van der Waals surface area (Å²) in [6.07, 6.45) is 3.45. The summed E-state index contributed by atoms with van der Waals surface area (Å²) in [5, 5.41) is 13.3. The average molecular weight is 518 g/mol. The van der Waals surface area contributed by atoms with Crippen molar-refractivity contribution in [3.63, 3.8) is 0 Å². The first kappa shape index (κ1) is 26.0. The molecule has 1 saturated carbocycles. The van der Waals surface area contributed by atoms with Crippen LogP contribution in [0, 0.1) is 5.82 Å². The number of carbonyl (C=O) groups is 3. The van der Waals surface area contributed by atoms with Gasteiger partial charge < -0.3 is 21.1 Å². The molecule has 3 aliphatic rings. The lowest BCUT2D eigenvalue weighted by Gasteiger charge is -2.46. The lowest BCUT2D eigenvalue weighted by molar-refractivity contribution is -0.149. The van der Waals surface area contributed by atoms with Crippen molar-refractivity contribution in [1.82, 2.24) is 15.2 Å². The summed E-state index contributed by atoms with van der Waals surface area (Å²) in [5.74, 6) is -2.83. The van der Waals surface area contributed by atoms with Crippen molar-refractivity contribution in [2.24, 2.45) is 5.73 Å². The smallest absolute Gasteiger partial charge is 0.334 e. The minimum atomic E-state index is -1.97. The van der Waals surface area contributed by atoms with Crippen LogP contribution in [0.2, 0.25) is 0 Å². The van der Waals surface area contributed by atoms with Gasteiger partial charge in [-0.1, -0.05) is 30.3 Å². The number of nitrogens with one attached hydrogen (secondary N) is 1. The Morgan fingerprint density at radius 1 is 1.25 bits per heavy atom. The number of likely N-dealkylation sites (tertiary alicyclic amines) is 1. The van der Waals surface area contributed by atoms with E-state index in [1.54, 1.807) is 4.90 Å². The fraction of sp³-hybridized carbons (Fsp3) is 0.440. The molecule has 2 aliphatic heterocycles. The zero-order valence-electron chi connectivity index (χ0n) is 19.6. The second kappa shape index (κ2) is 10.1. The zero-order chi connectivity index (χ0) is 24.7. The SMILES string of the molecule is Cl.NC(Cc1ccccc1)C(=O)NC1CCCN1C1(C(=O)O)CN(C2CC2)c2ncc(F)cc2C1=O. The van der Waals surface area contributed by atoms with E-state index in [0.29, 0.717) is 31.6 Å². The van der Waals surface area contributed by atoms with Crippen LogP contribution in [-0.2, 0) is 16.0 Å². The van der Waals surface area contributed by atoms with E-state index in [0.717, 1.165) is 30.7 Å². The Balaban J connectivity index is 0.00000304. The number of rotatable bonds is 7. The Bertz CT molecular complexity index is 1160. The molecule has 0 spiro atoms. The summed E-state index contributed by atoms with van der Waals surface area (Å²) < 4.78 is 14.1. The number of ketones is 1. The molecule has 11 heteroatoms. The fourth-order valence-corrected chi connectivity index (χ4v) is 5.25. The van der Waals surface area contributed by atoms with Crippen molar-refractivity contribution in [2.75, 3.05) is 18.0 Å². The highest BCUT2D eigenvalue weighted by molar-refractivity contribution is 6.20. The number of carbonyl (C=O) groups excluding carboxylic acids is 2. The van der Waals surface area contributed by atoms with E-state index in [-0.39, 0.29) is 30.6 Å². The number of hydrogen-bond acceptors (Lipinski definition) is 7. The summed E-state index contributed by atoms with van der Waals surface area (Å²) in [7, 11) is 0. The topological polar surface area (TPSA) is 129 Å². The molecule has 1 saturated heterocycles. The minimum absolute atomic E-state index is 0. The number of nitrogens with zero attached hydrogens (tertiary/aromatic N) is 3. The number of carboxylic acids is 1. The van der Waals surface area contributed by atoms with E-state index < -0.39 is 41.2 Å². The summed E-state index contributed by atoms with van der Waals surface area (Å²) >= 11 is 0. The van der Waals surface area contributed by atoms with E-state index in [4.69, 9.17) is 5.73 Å². The first-order valence-corrected chi connectivity index (χ1v) is 11.9. The van der Waals surface area contributed by atoms with Gasteiger partial charge in [-0.25, -0.2) is 14.2 Å². The maximum atomic E-state index is 14.1. The van der Waals surface area contributed by atoms with Gasteiger partial charge in [-0.2, -0.15) is 0 Å². The second-order valence-electron chi connectivity index (χ2n) is 9.53. The second-order valence-corrected chi connectivity index (χ2v) is 9.53. The quantitative estimate of drug-likeness (QED) is 0.474. The van der Waals surface area contributed by atoms with Crippen LogP contribution < -0.4 is 16.0 Å². The molecule has 3 unspecified atom stereocenters. The number of fused-ring (bicyclic) bond motifs is 1. The first-order chi connectivity index (χ1) is 16.8. The zero-order valence-corrected chi connectivity index (χ0v) is 20.4. The molecule has 4 N–H and O–H groups in total. The van der Waals surface area contributed by atoms with Crippen LogP contribution in [0.4, 0.5) is 10.2 Å². The summed E-state index contributed by atoms with van der Waals surface area (Å²) in [5.41, 5.74) is 5.05. The van der Waals surface area contributed by atoms with E-state index in [1.807, 2.05) is 35.2 Å². The Morgan fingerprint density at radius 3 is 2.64 bits per heavy atom. The van der Waals surface area contributed by atoms with E-state index >= 15 is 0 Å². The third-order valence-corrected chi connectivity index (χ3v) is 7.15. The number of aromatic nitrogens is 1. The maximum Gasteiger partial charge on any atom is 0.334 e. The molecular weight excluding hydrogens is 489 g/mol. The molecule has 36 heavy (non-hydrogen) atoms. The summed E-state index contributed by atoms with van der Waals surface area (Å²) in [4.78, 5) is 47.0. The molecule has 2 aromatic rings. The lowest BCUT2D eigenvalue weighted by atomic mass is 9.83. The number of Topliss-reactive ketones (excluding diaryl/α,β-unsaturated/α-hetero) is 1. The molecule has 1 aromatic carbocycles. The number of nitrogens with two attached hydrogens (primary N) is 1. The van der Waals surface area contributed by atoms with Crippen LogP contribution in [0.5, 0.6) is 0 Å². The molecule has 1 aliphatic carbocycles. The Hall–Kier alpha value is -3.08. The Morgan fingerprint density at radius 2 is 1.97 bits per heavy atom. The van der Waals surface area contributed by atoms with E-state index in [9.17, 15) is 23.9 Å². The fourth-order valence-electron chi connectivity index (χ4n) is 5.25. The lowest BCUT2D eigenvalue weighted by Crippen LogP contribution is -2.71. The molecule has 3 heterocycles. The molecule has 0 bridgehead atoms. The van der Waals surface area contributed by atoms with Gasteiger partial charge in [-0.3, -0.25) is 14.5 Å². The van der Waals surface area contributed by atoms with Crippen LogP contribution in [0.25, 0.3) is 0 Å². The largest absolute Gasteiger partial charge is 0.479 e. The predicted molar refractivity (Wildman–Crippen MR) is 133 cm³/mol. The molecular formula is C25H29ClFN5O4. The number of amides is 1. The normalized spacial score (nSPS) is 24.6. The number of benzene rings is 1. The van der Waals surface area contributed by atoms with Crippen molar-refractivity contribution >= 4 is 35.9 Å². The van der Waals surface area contributed by atoms with Gasteiger partial charge in [0.15, 0.2) is 5.78 Å². The molecule has 3 atom stereocenters. The summed E-state index contributed by atoms with van der Waals surface area (Å²) in [6.45, 7) is 0.188. The van der Waals surface area contributed by atoms with Gasteiger partial charge in [0.2, 0.25) is 11.4 Å². The molecule has 9 nitrogen and oxygen atoms in total. The molecule has 1 amide bonds. The number of halogens is 2. The molecule has 2 fully saturated rings. The maximum absolute atomic E-state index is 14.1. The van der Waals surface area contributed by atoms with Gasteiger partial charge >= 0.3 is 5.97 Å². The van der Waals surface area contributed by atoms with Gasteiger partial charge in [0.05, 0.1) is 30.5 Å². The third kappa shape index (κ3) is 4.56. The van der Waals surface area contributed by atoms with Crippen LogP contribution in [0.3, 0.4) is 0 Å². The standard InChI is InChI=1S/C25H28FN5O4.ClH/c26-16-12-18-21(32)25(24(34)35,14-30(17-8-9-17)22(18)28-13-16)31-10-4-7-20(31)29-23(33)19(27)11-15-5-2-1-3-6-15;/h1-3,5-6,12-13,17,19-20H,4,7-11,14,27H2,(H,29,33)(H,34,35);1H. The first-order valence-electron chi connectivity index (χ1n) is 11.9. The molecule has 0 radical (unpaired) electrons. The average Bonchev–Trinajstić information content (AvgIpc) is 3.58. The van der Waals surface area contributed by atoms with E-state index in [2.05, 4.69) is 10.3 Å². The monoisotopic (exact) mass is 517 g/mol. The predicted octanol–water partition coefficient (Wildman–Crippen LogP) is 1.74. The highest BCUT2D eigenvalue weighted by Gasteiger charge is 2.60. The number of carboxylic acid groups (broad SMARTS) is 1. The van der Waals surface area contributed by atoms with Crippen molar-refractivity contribution in [3.05, 3.63) is 59.5 Å². The number of aliphatic carboxylic acids is 1. The molecule has 5 rings (SSSR count). The number of anilines is 1. The van der Waals surface area contributed by atoms with Crippen LogP contribution in [0.1, 0.15) is 41.6 Å². The number of pyridine rings is 1. The molecule has 192 valence electrons. The third-order valence-electron chi connectivity index (χ3n) is 7.15. The minimum Gasteiger partial charge on any atom is -0.479 e. The van der Waals surface area contributed by atoms with Crippen LogP contribution in [-0.4, -0.2) is 69.5 Å². The Kier molecular flexibility index (Phi) is 7.31. The highest BCUT2D eigenvalue weighted by Crippen LogP contribution is 2.42. The van der Waals surface area contributed by atoms with Gasteiger partial charge in [-0.15, -0.1) is 12.4 Å². The van der Waals surface area contributed by atoms with Crippen molar-refractivity contribution in [2.45, 2.75) is 55.9 Å². The Labute approximate surface area is 214 Å². The van der Waals surface area contributed by atoms with Gasteiger partial charge in [0, 0.05) is 12.6 Å². The molecule has 1 aromatic heterocycles. The highest BCUT2D eigenvalue weighted by atomic mass is 35.5. The van der Waals surface area contributed by atoms with Crippen molar-refractivity contribution in [3.8, 4) is 0 Å².